The van der Waals surface area contributed by atoms with E-state index in [1.54, 1.807) is 0 Å². The quantitative estimate of drug-likeness (QED) is 0.540. The van der Waals surface area contributed by atoms with Crippen LogP contribution in [0.2, 0.25) is 0 Å². The van der Waals surface area contributed by atoms with Gasteiger partial charge in [0.25, 0.3) is 0 Å². The third-order valence-corrected chi connectivity index (χ3v) is 0.890. The van der Waals surface area contributed by atoms with Gasteiger partial charge in [-0.25, -0.2) is 0 Å². The van der Waals surface area contributed by atoms with Gasteiger partial charge in [-0.15, -0.1) is 12.3 Å². The summed E-state index contributed by atoms with van der Waals surface area (Å²) in [5.74, 6) is 3.08. The van der Waals surface area contributed by atoms with Gasteiger partial charge >= 0.3 is 0 Å². The van der Waals surface area contributed by atoms with Crippen molar-refractivity contribution >= 4 is 0 Å². The number of aryl methyl sites for hydroxylation is 1. The maximum Gasteiger partial charge on any atom is 0.227 e. The molecule has 0 bridgehead atoms. The smallest absolute Gasteiger partial charge is 0.227 e. The van der Waals surface area contributed by atoms with Gasteiger partial charge in [0.05, 0.1) is 0 Å². The molecule has 0 aliphatic heterocycles. The molecule has 0 spiro atoms. The van der Waals surface area contributed by atoms with E-state index in [0.29, 0.717) is 18.7 Å². The van der Waals surface area contributed by atoms with Crippen molar-refractivity contribution in [3.8, 4) is 12.3 Å². The Morgan fingerprint density at radius 1 is 1.78 bits per heavy atom. The Hall–Kier alpha value is -1.30. The molecule has 46 valence electrons. The first kappa shape index (κ1) is 5.83. The highest BCUT2D eigenvalue weighted by Gasteiger charge is 1.94. The van der Waals surface area contributed by atoms with Crippen molar-refractivity contribution in [2.45, 2.75) is 12.8 Å². The van der Waals surface area contributed by atoms with Gasteiger partial charge in [0.1, 0.15) is 0 Å². The van der Waals surface area contributed by atoms with Crippen molar-refractivity contribution in [1.82, 2.24) is 10.1 Å². The molecule has 0 N–H and O–H groups in total. The molecule has 0 saturated carbocycles. The van der Waals surface area contributed by atoms with Gasteiger partial charge < -0.3 is 4.52 Å². The number of hydrogen-bond acceptors (Lipinski definition) is 3. The van der Waals surface area contributed by atoms with Crippen LogP contribution < -0.4 is 0 Å². The summed E-state index contributed by atoms with van der Waals surface area (Å²) in [5.41, 5.74) is 0. The SMILES string of the molecule is C#CCCc1ncno1. The predicted molar refractivity (Wildman–Crippen MR) is 31.5 cm³/mol. The molecule has 3 nitrogen and oxygen atoms in total. The molecule has 0 amide bonds. The van der Waals surface area contributed by atoms with Crippen LogP contribution in [-0.2, 0) is 6.42 Å². The lowest BCUT2D eigenvalue weighted by Crippen LogP contribution is -1.80. The van der Waals surface area contributed by atoms with Gasteiger partial charge in [-0.3, -0.25) is 0 Å². The van der Waals surface area contributed by atoms with Crippen molar-refractivity contribution in [3.63, 3.8) is 0 Å². The number of hydrogen-bond donors (Lipinski definition) is 0. The molecule has 0 fully saturated rings. The molecule has 9 heavy (non-hydrogen) atoms. The maximum atomic E-state index is 5.01. The average molecular weight is 122 g/mol. The van der Waals surface area contributed by atoms with E-state index >= 15 is 0 Å². The summed E-state index contributed by atoms with van der Waals surface area (Å²) in [6, 6.07) is 0. The van der Waals surface area contributed by atoms with Gasteiger partial charge in [-0.1, -0.05) is 5.16 Å². The second-order valence-electron chi connectivity index (χ2n) is 1.54. The molecule has 0 unspecified atom stereocenters. The molecule has 1 rings (SSSR count). The Labute approximate surface area is 53.1 Å². The zero-order chi connectivity index (χ0) is 6.53. The first-order chi connectivity index (χ1) is 4.43. The van der Waals surface area contributed by atoms with Gasteiger partial charge in [0.15, 0.2) is 6.33 Å². The Bertz CT molecular complexity index is 197. The molecular formula is C6H6N2O. The van der Waals surface area contributed by atoms with E-state index in [1.807, 2.05) is 0 Å². The molecule has 0 radical (unpaired) electrons. The zero-order valence-electron chi connectivity index (χ0n) is 4.87. The summed E-state index contributed by atoms with van der Waals surface area (Å²) in [6.07, 6.45) is 7.70. The summed E-state index contributed by atoms with van der Waals surface area (Å²) in [4.78, 5) is 3.78. The van der Waals surface area contributed by atoms with Crippen molar-refractivity contribution in [1.29, 1.82) is 0 Å². The molecule has 0 aromatic carbocycles. The summed E-state index contributed by atoms with van der Waals surface area (Å²) in [6.45, 7) is 0. The lowest BCUT2D eigenvalue weighted by molar-refractivity contribution is 0.378. The van der Waals surface area contributed by atoms with Gasteiger partial charge in [0.2, 0.25) is 5.89 Å². The average Bonchev–Trinajstić information content (AvgIpc) is 2.34. The van der Waals surface area contributed by atoms with Crippen molar-refractivity contribution in [3.05, 3.63) is 12.2 Å². The van der Waals surface area contributed by atoms with E-state index in [0.717, 1.165) is 0 Å². The fourth-order valence-corrected chi connectivity index (χ4v) is 0.485. The standard InChI is InChI=1S/C6H6N2O/c1-2-3-4-6-7-5-8-9-6/h1,5H,3-4H2. The maximum absolute atomic E-state index is 5.01. The van der Waals surface area contributed by atoms with Crippen LogP contribution in [0.15, 0.2) is 10.9 Å². The largest absolute Gasteiger partial charge is 0.340 e. The van der Waals surface area contributed by atoms with Crippen LogP contribution in [0.25, 0.3) is 0 Å². The highest BCUT2D eigenvalue weighted by molar-refractivity contribution is 4.88. The van der Waals surface area contributed by atoms with Crippen LogP contribution in [0, 0.1) is 12.3 Å². The van der Waals surface area contributed by atoms with Gasteiger partial charge in [-0.05, 0) is 0 Å². The van der Waals surface area contributed by atoms with Crippen LogP contribution in [-0.4, -0.2) is 10.1 Å². The highest BCUT2D eigenvalue weighted by atomic mass is 16.5. The Morgan fingerprint density at radius 2 is 2.67 bits per heavy atom. The number of aromatic nitrogens is 2. The molecule has 1 aromatic heterocycles. The number of terminal acetylenes is 1. The van der Waals surface area contributed by atoms with Crippen molar-refractivity contribution < 1.29 is 4.52 Å². The van der Waals surface area contributed by atoms with Crippen molar-refractivity contribution in [2.75, 3.05) is 0 Å². The first-order valence-corrected chi connectivity index (χ1v) is 2.62. The molecule has 1 aromatic rings. The van der Waals surface area contributed by atoms with E-state index in [1.165, 1.54) is 6.33 Å². The Balaban J connectivity index is 2.41. The van der Waals surface area contributed by atoms with Gasteiger partial charge in [-0.2, -0.15) is 4.98 Å². The predicted octanol–water partition coefficient (Wildman–Crippen LogP) is 0.635. The summed E-state index contributed by atoms with van der Waals surface area (Å²) < 4.78 is 4.68. The molecule has 3 heteroatoms. The lowest BCUT2D eigenvalue weighted by Gasteiger charge is -1.81. The summed E-state index contributed by atoms with van der Waals surface area (Å²) in [7, 11) is 0. The van der Waals surface area contributed by atoms with Crippen LogP contribution in [0.5, 0.6) is 0 Å². The van der Waals surface area contributed by atoms with E-state index in [9.17, 15) is 0 Å². The van der Waals surface area contributed by atoms with E-state index < -0.39 is 0 Å². The third kappa shape index (κ3) is 1.57. The molecular weight excluding hydrogens is 116 g/mol. The van der Waals surface area contributed by atoms with Crippen LogP contribution in [0.3, 0.4) is 0 Å². The topological polar surface area (TPSA) is 38.9 Å². The monoisotopic (exact) mass is 122 g/mol. The molecule has 0 aliphatic carbocycles. The molecule has 1 heterocycles. The van der Waals surface area contributed by atoms with Gasteiger partial charge in [0, 0.05) is 12.8 Å². The van der Waals surface area contributed by atoms with E-state index in [4.69, 9.17) is 6.42 Å². The summed E-state index contributed by atoms with van der Waals surface area (Å²) in [5, 5.41) is 3.42. The van der Waals surface area contributed by atoms with Crippen LogP contribution >= 0.6 is 0 Å². The second-order valence-corrected chi connectivity index (χ2v) is 1.54. The zero-order valence-corrected chi connectivity index (χ0v) is 4.87. The minimum Gasteiger partial charge on any atom is -0.340 e. The molecule has 0 aliphatic rings. The Morgan fingerprint density at radius 3 is 3.22 bits per heavy atom. The fraction of sp³-hybridized carbons (Fsp3) is 0.333. The van der Waals surface area contributed by atoms with Crippen LogP contribution in [0.4, 0.5) is 0 Å². The van der Waals surface area contributed by atoms with E-state index in [-0.39, 0.29) is 0 Å². The summed E-state index contributed by atoms with van der Waals surface area (Å²) >= 11 is 0. The number of rotatable bonds is 2. The normalized spacial score (nSPS) is 8.78. The number of nitrogens with zero attached hydrogens (tertiary/aromatic N) is 2. The molecule has 0 atom stereocenters. The van der Waals surface area contributed by atoms with Crippen LogP contribution in [0.1, 0.15) is 12.3 Å². The third-order valence-electron chi connectivity index (χ3n) is 0.890. The first-order valence-electron chi connectivity index (χ1n) is 2.62. The van der Waals surface area contributed by atoms with Crippen molar-refractivity contribution in [2.24, 2.45) is 0 Å². The minimum atomic E-state index is 0.605. The fourth-order valence-electron chi connectivity index (χ4n) is 0.485. The van der Waals surface area contributed by atoms with E-state index in [2.05, 4.69) is 20.6 Å². The second kappa shape index (κ2) is 2.88. The Kier molecular flexibility index (Phi) is 1.86. The lowest BCUT2D eigenvalue weighted by atomic mass is 10.3. The minimum absolute atomic E-state index is 0.605. The molecule has 0 saturated heterocycles. The highest BCUT2D eigenvalue weighted by Crippen LogP contribution is 1.94.